The van der Waals surface area contributed by atoms with E-state index in [4.69, 9.17) is 14.4 Å². The van der Waals surface area contributed by atoms with E-state index in [0.29, 0.717) is 0 Å². The van der Waals surface area contributed by atoms with Gasteiger partial charge >= 0.3 is 0 Å². The van der Waals surface area contributed by atoms with Gasteiger partial charge in [-0.05, 0) is 72.8 Å². The fraction of sp³-hybridized carbons (Fsp3) is 0. The number of benzene rings is 6. The van der Waals surface area contributed by atoms with Crippen molar-refractivity contribution < 1.29 is 4.42 Å². The molecular weight excluding hydrogens is 625 g/mol. The minimum atomic E-state index is 0.871. The average Bonchev–Trinajstić information content (AvgIpc) is 3.85. The Hall–Kier alpha value is -6.98. The van der Waals surface area contributed by atoms with E-state index in [1.54, 1.807) is 0 Å². The summed E-state index contributed by atoms with van der Waals surface area (Å²) in [5.41, 5.74) is 10.2. The predicted molar refractivity (Wildman–Crippen MR) is 209 cm³/mol. The van der Waals surface area contributed by atoms with Gasteiger partial charge in [-0.15, -0.1) is 0 Å². The first kappa shape index (κ1) is 27.9. The fourth-order valence-corrected chi connectivity index (χ4v) is 7.92. The summed E-state index contributed by atoms with van der Waals surface area (Å²) < 4.78 is 10.7. The molecule has 0 unspecified atom stereocenters. The SMILES string of the molecule is c1ccc(-c2cccc(-n3c4ccccc4c4c5c6ccccc6n(-c6cccc(-c7ccc8oc9ccccc9c8c7)n6)c5ccc43)n2)cc1. The van der Waals surface area contributed by atoms with Gasteiger partial charge in [-0.25, -0.2) is 9.97 Å². The third kappa shape index (κ3) is 4.15. The highest BCUT2D eigenvalue weighted by atomic mass is 16.3. The highest BCUT2D eigenvalue weighted by molar-refractivity contribution is 6.28. The first-order chi connectivity index (χ1) is 25.3. The van der Waals surface area contributed by atoms with Crippen LogP contribution >= 0.6 is 0 Å². The Morgan fingerprint density at radius 2 is 0.882 bits per heavy atom. The van der Waals surface area contributed by atoms with Gasteiger partial charge < -0.3 is 4.42 Å². The van der Waals surface area contributed by atoms with Crippen LogP contribution in [0, 0.1) is 0 Å². The van der Waals surface area contributed by atoms with Gasteiger partial charge in [0.25, 0.3) is 0 Å². The summed E-state index contributed by atoms with van der Waals surface area (Å²) in [5.74, 6) is 1.76. The van der Waals surface area contributed by atoms with Gasteiger partial charge in [0.1, 0.15) is 22.8 Å². The minimum absolute atomic E-state index is 0.871. The largest absolute Gasteiger partial charge is 0.456 e. The molecule has 0 saturated heterocycles. The zero-order chi connectivity index (χ0) is 33.5. The summed E-state index contributed by atoms with van der Waals surface area (Å²) in [6, 6.07) is 59.3. The zero-order valence-electron chi connectivity index (χ0n) is 27.4. The Kier molecular flexibility index (Phi) is 5.89. The molecule has 5 aromatic heterocycles. The maximum atomic E-state index is 6.11. The van der Waals surface area contributed by atoms with Gasteiger partial charge in [0.05, 0.1) is 33.5 Å². The molecule has 11 rings (SSSR count). The molecule has 11 aromatic rings. The highest BCUT2D eigenvalue weighted by Gasteiger charge is 2.21. The summed E-state index contributed by atoms with van der Waals surface area (Å²) in [4.78, 5) is 10.5. The average molecular weight is 653 g/mol. The van der Waals surface area contributed by atoms with Crippen LogP contribution in [0.2, 0.25) is 0 Å². The van der Waals surface area contributed by atoms with Crippen LogP contribution in [0.1, 0.15) is 0 Å². The highest BCUT2D eigenvalue weighted by Crippen LogP contribution is 2.42. The Labute approximate surface area is 292 Å². The molecule has 6 aromatic carbocycles. The van der Waals surface area contributed by atoms with Gasteiger partial charge in [-0.2, -0.15) is 0 Å². The minimum Gasteiger partial charge on any atom is -0.456 e. The van der Waals surface area contributed by atoms with Crippen molar-refractivity contribution in [2.75, 3.05) is 0 Å². The topological polar surface area (TPSA) is 48.8 Å². The van der Waals surface area contributed by atoms with Crippen molar-refractivity contribution in [3.63, 3.8) is 0 Å². The van der Waals surface area contributed by atoms with E-state index < -0.39 is 0 Å². The van der Waals surface area contributed by atoms with Crippen LogP contribution in [0.5, 0.6) is 0 Å². The standard InChI is InChI=1S/C46H28N4O/c1-2-12-29(13-3-1)35-17-10-22-43(47-35)49-37-19-7-4-15-32(37)45-39(49)25-26-40-46(45)33-16-5-8-20-38(33)50(40)44-23-11-18-36(48-44)30-24-27-42-34(28-30)31-14-6-9-21-41(31)51-42/h1-28H. The Morgan fingerprint density at radius 3 is 1.53 bits per heavy atom. The lowest BCUT2D eigenvalue weighted by molar-refractivity contribution is 0.669. The first-order valence-corrected chi connectivity index (χ1v) is 17.2. The maximum Gasteiger partial charge on any atom is 0.138 e. The molecule has 0 amide bonds. The van der Waals surface area contributed by atoms with Gasteiger partial charge in [-0.3, -0.25) is 9.13 Å². The van der Waals surface area contributed by atoms with Crippen LogP contribution in [0.4, 0.5) is 0 Å². The monoisotopic (exact) mass is 652 g/mol. The number of fused-ring (bicyclic) bond motifs is 10. The quantitative estimate of drug-likeness (QED) is 0.190. The molecule has 0 bridgehead atoms. The smallest absolute Gasteiger partial charge is 0.138 e. The van der Waals surface area contributed by atoms with Crippen molar-refractivity contribution >= 4 is 65.6 Å². The van der Waals surface area contributed by atoms with E-state index in [0.717, 1.165) is 78.2 Å². The predicted octanol–water partition coefficient (Wildman–Crippen LogP) is 11.9. The van der Waals surface area contributed by atoms with Gasteiger partial charge in [0.15, 0.2) is 0 Å². The molecule has 5 heteroatoms. The number of para-hydroxylation sites is 3. The maximum absolute atomic E-state index is 6.11. The number of hydrogen-bond donors (Lipinski definition) is 0. The molecule has 5 heterocycles. The van der Waals surface area contributed by atoms with Crippen molar-refractivity contribution in [1.29, 1.82) is 0 Å². The van der Waals surface area contributed by atoms with Crippen LogP contribution in [-0.4, -0.2) is 19.1 Å². The first-order valence-electron chi connectivity index (χ1n) is 17.2. The number of nitrogens with zero attached hydrogens (tertiary/aromatic N) is 4. The summed E-state index contributed by atoms with van der Waals surface area (Å²) in [6.45, 7) is 0. The van der Waals surface area contributed by atoms with Gasteiger partial charge in [0, 0.05) is 43.4 Å². The molecule has 0 radical (unpaired) electrons. The van der Waals surface area contributed by atoms with E-state index in [1.165, 1.54) is 21.5 Å². The van der Waals surface area contributed by atoms with E-state index in [9.17, 15) is 0 Å². The van der Waals surface area contributed by atoms with Crippen molar-refractivity contribution in [2.45, 2.75) is 0 Å². The van der Waals surface area contributed by atoms with Crippen LogP contribution < -0.4 is 0 Å². The number of aromatic nitrogens is 4. The Morgan fingerprint density at radius 1 is 0.353 bits per heavy atom. The second-order valence-corrected chi connectivity index (χ2v) is 13.0. The number of pyridine rings is 2. The molecule has 0 aliphatic carbocycles. The van der Waals surface area contributed by atoms with E-state index in [1.807, 2.05) is 18.2 Å². The third-order valence-electron chi connectivity index (χ3n) is 10.1. The van der Waals surface area contributed by atoms with Crippen molar-refractivity contribution in [3.05, 3.63) is 170 Å². The van der Waals surface area contributed by atoms with Crippen LogP contribution in [0.25, 0.3) is 99.7 Å². The molecule has 0 fully saturated rings. The Bertz CT molecular complexity index is 3150. The number of hydrogen-bond acceptors (Lipinski definition) is 3. The number of rotatable bonds is 4. The summed E-state index contributed by atoms with van der Waals surface area (Å²) in [5, 5.41) is 6.99. The summed E-state index contributed by atoms with van der Waals surface area (Å²) in [7, 11) is 0. The summed E-state index contributed by atoms with van der Waals surface area (Å²) in [6.07, 6.45) is 0. The van der Waals surface area contributed by atoms with E-state index in [2.05, 4.69) is 161 Å². The molecule has 0 aliphatic rings. The summed E-state index contributed by atoms with van der Waals surface area (Å²) >= 11 is 0. The van der Waals surface area contributed by atoms with E-state index >= 15 is 0 Å². The fourth-order valence-electron chi connectivity index (χ4n) is 7.92. The zero-order valence-corrected chi connectivity index (χ0v) is 27.4. The van der Waals surface area contributed by atoms with E-state index in [-0.39, 0.29) is 0 Å². The van der Waals surface area contributed by atoms with Crippen molar-refractivity contribution in [3.8, 4) is 34.2 Å². The molecule has 5 nitrogen and oxygen atoms in total. The lowest BCUT2D eigenvalue weighted by atomic mass is 10.1. The second kappa shape index (κ2) is 10.8. The Balaban J connectivity index is 1.15. The molecule has 0 saturated carbocycles. The molecule has 0 N–H and O–H groups in total. The molecule has 0 aliphatic heterocycles. The molecule has 0 spiro atoms. The molecule has 51 heavy (non-hydrogen) atoms. The van der Waals surface area contributed by atoms with Gasteiger partial charge in [0.2, 0.25) is 0 Å². The number of furan rings is 1. The van der Waals surface area contributed by atoms with Crippen LogP contribution in [0.15, 0.2) is 174 Å². The molecular formula is C46H28N4O. The van der Waals surface area contributed by atoms with Crippen molar-refractivity contribution in [2.24, 2.45) is 0 Å². The lowest BCUT2D eigenvalue weighted by Gasteiger charge is -2.10. The molecule has 238 valence electrons. The van der Waals surface area contributed by atoms with Crippen molar-refractivity contribution in [1.82, 2.24) is 19.1 Å². The molecule has 0 atom stereocenters. The van der Waals surface area contributed by atoms with Gasteiger partial charge in [-0.1, -0.05) is 97.1 Å². The van der Waals surface area contributed by atoms with Crippen LogP contribution in [0.3, 0.4) is 0 Å². The third-order valence-corrected chi connectivity index (χ3v) is 10.1. The second-order valence-electron chi connectivity index (χ2n) is 13.0. The normalized spacial score (nSPS) is 11.9. The lowest BCUT2D eigenvalue weighted by Crippen LogP contribution is -1.99. The van der Waals surface area contributed by atoms with Crippen LogP contribution in [-0.2, 0) is 0 Å².